The van der Waals surface area contributed by atoms with E-state index in [0.29, 0.717) is 0 Å². The van der Waals surface area contributed by atoms with Gasteiger partial charge in [0, 0.05) is 0 Å². The second kappa shape index (κ2) is 7.52. The van der Waals surface area contributed by atoms with E-state index in [1.807, 2.05) is 39.3 Å². The molecule has 0 aromatic carbocycles. The zero-order chi connectivity index (χ0) is 17.0. The minimum atomic E-state index is -2.04. The van der Waals surface area contributed by atoms with Gasteiger partial charge in [0.25, 0.3) is 0 Å². The van der Waals surface area contributed by atoms with Crippen LogP contribution in [0.1, 0.15) is 13.8 Å². The molecule has 0 bridgehead atoms. The highest BCUT2D eigenvalue weighted by Crippen LogP contribution is 2.13. The van der Waals surface area contributed by atoms with Gasteiger partial charge in [0.2, 0.25) is 14.2 Å². The average molecular weight is 335 g/mol. The molecule has 3 N–H and O–H groups in total. The number of nitrogens with two attached hydrogens (primary N) is 1. The van der Waals surface area contributed by atoms with Crippen LogP contribution < -0.4 is 11.1 Å². The van der Waals surface area contributed by atoms with Crippen molar-refractivity contribution in [3.63, 3.8) is 0 Å². The van der Waals surface area contributed by atoms with Crippen LogP contribution in [0.25, 0.3) is 0 Å². The summed E-state index contributed by atoms with van der Waals surface area (Å²) in [7, 11) is -3.89. The Bertz CT molecular complexity index is 375. The molecule has 0 spiro atoms. The van der Waals surface area contributed by atoms with E-state index in [0.717, 1.165) is 0 Å². The van der Waals surface area contributed by atoms with Gasteiger partial charge in [-0.15, -0.1) is 0 Å². The lowest BCUT2D eigenvalue weighted by Crippen LogP contribution is -2.56. The van der Waals surface area contributed by atoms with Crippen molar-refractivity contribution in [1.82, 2.24) is 5.32 Å². The SMILES string of the molecule is CC(N)C(=O)NC(C(=O)O[Si](C)(C)C)C(C)O[Si](C)(C)C. The quantitative estimate of drug-likeness (QED) is 0.687. The smallest absolute Gasteiger partial charge is 0.318 e. The monoisotopic (exact) mass is 334 g/mol. The van der Waals surface area contributed by atoms with Crippen LogP contribution in [0.15, 0.2) is 0 Å². The maximum atomic E-state index is 12.3. The van der Waals surface area contributed by atoms with Gasteiger partial charge in [-0.1, -0.05) is 0 Å². The van der Waals surface area contributed by atoms with Gasteiger partial charge in [0.05, 0.1) is 12.1 Å². The molecule has 0 aliphatic heterocycles. The fourth-order valence-corrected chi connectivity index (χ4v) is 3.63. The van der Waals surface area contributed by atoms with E-state index in [1.54, 1.807) is 13.8 Å². The Morgan fingerprint density at radius 3 is 1.81 bits per heavy atom. The van der Waals surface area contributed by atoms with Gasteiger partial charge in [0.15, 0.2) is 14.4 Å². The zero-order valence-corrected chi connectivity index (χ0v) is 16.4. The van der Waals surface area contributed by atoms with Crippen LogP contribution >= 0.6 is 0 Å². The maximum absolute atomic E-state index is 12.3. The summed E-state index contributed by atoms with van der Waals surface area (Å²) in [6.45, 7) is 15.2. The third kappa shape index (κ3) is 9.02. The normalized spacial score (nSPS) is 16.8. The molecule has 8 heteroatoms. The molecule has 0 saturated carbocycles. The number of hydrogen-bond donors (Lipinski definition) is 2. The first-order valence-corrected chi connectivity index (χ1v) is 14.0. The minimum absolute atomic E-state index is 0.390. The topological polar surface area (TPSA) is 90.7 Å². The highest BCUT2D eigenvalue weighted by molar-refractivity contribution is 6.71. The van der Waals surface area contributed by atoms with E-state index in [9.17, 15) is 9.59 Å². The Labute approximate surface area is 130 Å². The number of amides is 1. The van der Waals surface area contributed by atoms with E-state index in [2.05, 4.69) is 5.32 Å². The molecule has 3 atom stereocenters. The highest BCUT2D eigenvalue weighted by Gasteiger charge is 2.35. The van der Waals surface area contributed by atoms with E-state index in [4.69, 9.17) is 14.6 Å². The Hall–Kier alpha value is -0.706. The summed E-state index contributed by atoms with van der Waals surface area (Å²) in [6, 6.07) is -1.52. The van der Waals surface area contributed by atoms with Gasteiger partial charge in [-0.2, -0.15) is 0 Å². The third-order valence-electron chi connectivity index (χ3n) is 2.38. The fourth-order valence-electron chi connectivity index (χ4n) is 1.64. The molecule has 21 heavy (non-hydrogen) atoms. The zero-order valence-electron chi connectivity index (χ0n) is 14.4. The first kappa shape index (κ1) is 20.3. The predicted octanol–water partition coefficient (Wildman–Crippen LogP) is 1.44. The van der Waals surface area contributed by atoms with Crippen LogP contribution in [0.4, 0.5) is 0 Å². The summed E-state index contributed by atoms with van der Waals surface area (Å²) in [6.07, 6.45) is -0.455. The minimum Gasteiger partial charge on any atom is -0.518 e. The van der Waals surface area contributed by atoms with Crippen LogP contribution in [0, 0.1) is 0 Å². The Balaban J connectivity index is 5.09. The maximum Gasteiger partial charge on any atom is 0.318 e. The van der Waals surface area contributed by atoms with E-state index in [-0.39, 0.29) is 0 Å². The van der Waals surface area contributed by atoms with Gasteiger partial charge in [0.1, 0.15) is 0 Å². The van der Waals surface area contributed by atoms with Crippen molar-refractivity contribution in [3.8, 4) is 0 Å². The second-order valence-corrected chi connectivity index (χ2v) is 16.1. The summed E-state index contributed by atoms with van der Waals surface area (Å²) in [4.78, 5) is 24.2. The highest BCUT2D eigenvalue weighted by atomic mass is 28.4. The lowest BCUT2D eigenvalue weighted by Gasteiger charge is -2.31. The van der Waals surface area contributed by atoms with Crippen LogP contribution in [-0.4, -0.2) is 46.7 Å². The molecule has 0 saturated heterocycles. The molecule has 0 aromatic heterocycles. The fraction of sp³-hybridized carbons (Fsp3) is 0.846. The number of carbonyl (C=O) groups is 2. The molecular weight excluding hydrogens is 304 g/mol. The first-order valence-electron chi connectivity index (χ1n) is 7.19. The molecular formula is C13H30N2O4Si2. The number of hydrogen-bond acceptors (Lipinski definition) is 5. The summed E-state index contributed by atoms with van der Waals surface area (Å²) < 4.78 is 11.4. The van der Waals surface area contributed by atoms with Crippen molar-refractivity contribution in [2.75, 3.05) is 0 Å². The summed E-state index contributed by atoms with van der Waals surface area (Å²) in [5, 5.41) is 2.64. The van der Waals surface area contributed by atoms with E-state index < -0.39 is 46.7 Å². The predicted molar refractivity (Wildman–Crippen MR) is 88.9 cm³/mol. The summed E-state index contributed by atoms with van der Waals surface area (Å²) in [5.74, 6) is -0.840. The molecule has 0 radical (unpaired) electrons. The molecule has 0 heterocycles. The largest absolute Gasteiger partial charge is 0.518 e. The Kier molecular flexibility index (Phi) is 7.27. The van der Waals surface area contributed by atoms with Crippen molar-refractivity contribution in [1.29, 1.82) is 0 Å². The van der Waals surface area contributed by atoms with Crippen molar-refractivity contribution < 1.29 is 18.4 Å². The van der Waals surface area contributed by atoms with Crippen molar-refractivity contribution in [3.05, 3.63) is 0 Å². The van der Waals surface area contributed by atoms with Crippen LogP contribution in [-0.2, 0) is 18.4 Å². The van der Waals surface area contributed by atoms with Gasteiger partial charge < -0.3 is 19.9 Å². The van der Waals surface area contributed by atoms with Crippen molar-refractivity contribution in [2.45, 2.75) is 71.3 Å². The molecule has 0 aliphatic carbocycles. The molecule has 3 unspecified atom stereocenters. The Morgan fingerprint density at radius 1 is 1.00 bits per heavy atom. The van der Waals surface area contributed by atoms with Crippen LogP contribution in [0.2, 0.25) is 39.3 Å². The molecule has 0 aliphatic rings. The standard InChI is InChI=1S/C13H30N2O4Si2/c1-9(14)12(16)15-11(10(2)18-20(3,4)5)13(17)19-21(6,7)8/h9-11H,14H2,1-8H3,(H,15,16). The average Bonchev–Trinajstić information content (AvgIpc) is 2.19. The number of nitrogens with one attached hydrogen (secondary N) is 1. The molecule has 124 valence electrons. The molecule has 0 rings (SSSR count). The van der Waals surface area contributed by atoms with E-state index >= 15 is 0 Å². The first-order chi connectivity index (χ1) is 9.23. The third-order valence-corrected chi connectivity index (χ3v) is 4.27. The van der Waals surface area contributed by atoms with Crippen molar-refractivity contribution in [2.24, 2.45) is 5.73 Å². The molecule has 0 aromatic rings. The lowest BCUT2D eigenvalue weighted by molar-refractivity contribution is -0.142. The number of rotatable bonds is 7. The molecule has 0 fully saturated rings. The van der Waals surface area contributed by atoms with Crippen molar-refractivity contribution >= 4 is 28.5 Å². The number of carbonyl (C=O) groups excluding carboxylic acids is 2. The summed E-state index contributed by atoms with van der Waals surface area (Å²) in [5.41, 5.74) is 5.55. The van der Waals surface area contributed by atoms with Gasteiger partial charge >= 0.3 is 5.97 Å². The van der Waals surface area contributed by atoms with Crippen LogP contribution in [0.5, 0.6) is 0 Å². The van der Waals surface area contributed by atoms with Gasteiger partial charge in [-0.25, -0.2) is 0 Å². The van der Waals surface area contributed by atoms with Gasteiger partial charge in [-0.3, -0.25) is 9.59 Å². The van der Waals surface area contributed by atoms with Gasteiger partial charge in [-0.05, 0) is 53.1 Å². The lowest BCUT2D eigenvalue weighted by atomic mass is 10.1. The molecule has 1 amide bonds. The summed E-state index contributed by atoms with van der Waals surface area (Å²) >= 11 is 0. The van der Waals surface area contributed by atoms with Crippen LogP contribution in [0.3, 0.4) is 0 Å². The molecule has 6 nitrogen and oxygen atoms in total. The second-order valence-electron chi connectivity index (χ2n) is 7.24. The Morgan fingerprint density at radius 2 is 1.48 bits per heavy atom. The van der Waals surface area contributed by atoms with E-state index in [1.165, 1.54) is 0 Å².